The van der Waals surface area contributed by atoms with E-state index in [1.54, 1.807) is 19.2 Å². The Morgan fingerprint density at radius 2 is 1.95 bits per heavy atom. The number of nitrogens with one attached hydrogen (secondary N) is 1. The van der Waals surface area contributed by atoms with Crippen molar-refractivity contribution >= 4 is 10.0 Å². The molecule has 0 aromatic heterocycles. The second-order valence-corrected chi connectivity index (χ2v) is 6.74. The maximum atomic E-state index is 12.7. The molecule has 21 heavy (non-hydrogen) atoms. The lowest BCUT2D eigenvalue weighted by Crippen LogP contribution is -2.33. The summed E-state index contributed by atoms with van der Waals surface area (Å²) in [5, 5.41) is 3.09. The summed E-state index contributed by atoms with van der Waals surface area (Å²) in [5.41, 5.74) is 2.20. The molecule has 0 saturated carbocycles. The summed E-state index contributed by atoms with van der Waals surface area (Å²) in [4.78, 5) is 0.350. The van der Waals surface area contributed by atoms with Crippen molar-refractivity contribution in [1.82, 2.24) is 9.62 Å². The van der Waals surface area contributed by atoms with Gasteiger partial charge in [-0.25, -0.2) is 8.42 Å². The molecule has 1 aromatic rings. The van der Waals surface area contributed by atoms with Gasteiger partial charge in [0.1, 0.15) is 0 Å². The number of nitrogens with zero attached hydrogens (tertiary/aromatic N) is 1. The van der Waals surface area contributed by atoms with Gasteiger partial charge in [0.05, 0.1) is 11.5 Å². The van der Waals surface area contributed by atoms with E-state index in [0.717, 1.165) is 12.0 Å². The van der Waals surface area contributed by atoms with Gasteiger partial charge in [-0.1, -0.05) is 19.9 Å². The van der Waals surface area contributed by atoms with Crippen LogP contribution in [0.5, 0.6) is 0 Å². The Balaban J connectivity index is 3.14. The summed E-state index contributed by atoms with van der Waals surface area (Å²) in [6.07, 6.45) is 0.887. The first-order valence-electron chi connectivity index (χ1n) is 7.26. The van der Waals surface area contributed by atoms with E-state index < -0.39 is 10.0 Å². The van der Waals surface area contributed by atoms with Crippen molar-refractivity contribution in [1.29, 1.82) is 0 Å². The van der Waals surface area contributed by atoms with Crippen LogP contribution in [0.25, 0.3) is 0 Å². The molecule has 0 aliphatic rings. The van der Waals surface area contributed by atoms with Gasteiger partial charge < -0.3 is 10.1 Å². The average Bonchev–Trinajstić information content (AvgIpc) is 2.48. The molecule has 1 rings (SSSR count). The van der Waals surface area contributed by atoms with Crippen LogP contribution >= 0.6 is 0 Å². The molecular formula is C15H26N2O3S. The third kappa shape index (κ3) is 4.51. The van der Waals surface area contributed by atoms with Crippen LogP contribution in [-0.4, -0.2) is 46.6 Å². The molecule has 6 heteroatoms. The maximum Gasteiger partial charge on any atom is 0.243 e. The Bertz CT molecular complexity index is 544. The van der Waals surface area contributed by atoms with E-state index in [4.69, 9.17) is 4.74 Å². The standard InChI is InChI=1S/C15H26N2O3S/c1-5-13-7-8-15(11-14(13)12-16-3)21(18,19)17(6-2)9-10-20-4/h7-8,11,16H,5-6,9-10,12H2,1-4H3. The fourth-order valence-electron chi connectivity index (χ4n) is 2.25. The average molecular weight is 314 g/mol. The van der Waals surface area contributed by atoms with Gasteiger partial charge in [0.2, 0.25) is 10.0 Å². The zero-order valence-electron chi connectivity index (χ0n) is 13.3. The molecule has 0 fully saturated rings. The number of likely N-dealkylation sites (N-methyl/N-ethyl adjacent to an activating group) is 1. The zero-order valence-corrected chi connectivity index (χ0v) is 14.2. The van der Waals surface area contributed by atoms with Gasteiger partial charge in [-0.2, -0.15) is 4.31 Å². The van der Waals surface area contributed by atoms with Crippen LogP contribution in [0.15, 0.2) is 23.1 Å². The highest BCUT2D eigenvalue weighted by Gasteiger charge is 2.23. The summed E-state index contributed by atoms with van der Waals surface area (Å²) in [6, 6.07) is 5.38. The molecule has 0 spiro atoms. The number of sulfonamides is 1. The highest BCUT2D eigenvalue weighted by molar-refractivity contribution is 7.89. The molecule has 0 saturated heterocycles. The van der Waals surface area contributed by atoms with Crippen LogP contribution in [0.2, 0.25) is 0 Å². The summed E-state index contributed by atoms with van der Waals surface area (Å²) in [5.74, 6) is 0. The topological polar surface area (TPSA) is 58.6 Å². The van der Waals surface area contributed by atoms with Crippen LogP contribution in [0.1, 0.15) is 25.0 Å². The van der Waals surface area contributed by atoms with E-state index in [1.165, 1.54) is 9.87 Å². The van der Waals surface area contributed by atoms with Crippen LogP contribution in [0, 0.1) is 0 Å². The molecule has 0 aliphatic heterocycles. The zero-order chi connectivity index (χ0) is 15.9. The Labute approximate surface area is 128 Å². The first kappa shape index (κ1) is 18.1. The normalized spacial score (nSPS) is 12.0. The van der Waals surface area contributed by atoms with Crippen molar-refractivity contribution in [2.24, 2.45) is 0 Å². The number of hydrogen-bond acceptors (Lipinski definition) is 4. The lowest BCUT2D eigenvalue weighted by molar-refractivity contribution is 0.180. The van der Waals surface area contributed by atoms with Crippen molar-refractivity contribution in [2.75, 3.05) is 33.9 Å². The van der Waals surface area contributed by atoms with Gasteiger partial charge >= 0.3 is 0 Å². The Morgan fingerprint density at radius 3 is 2.48 bits per heavy atom. The van der Waals surface area contributed by atoms with E-state index >= 15 is 0 Å². The number of benzene rings is 1. The molecule has 5 nitrogen and oxygen atoms in total. The molecule has 0 aliphatic carbocycles. The molecule has 0 bridgehead atoms. The van der Waals surface area contributed by atoms with Gasteiger partial charge in [-0.3, -0.25) is 0 Å². The number of hydrogen-bond donors (Lipinski definition) is 1. The fourth-order valence-corrected chi connectivity index (χ4v) is 3.74. The molecule has 120 valence electrons. The molecule has 0 unspecified atom stereocenters. The number of rotatable bonds is 9. The van der Waals surface area contributed by atoms with E-state index in [0.29, 0.717) is 31.1 Å². The Hall–Kier alpha value is -0.950. The third-order valence-electron chi connectivity index (χ3n) is 3.46. The number of aryl methyl sites for hydroxylation is 1. The van der Waals surface area contributed by atoms with Crippen molar-refractivity contribution < 1.29 is 13.2 Å². The predicted molar refractivity (Wildman–Crippen MR) is 84.9 cm³/mol. The van der Waals surface area contributed by atoms with Gasteiger partial charge in [0.25, 0.3) is 0 Å². The van der Waals surface area contributed by atoms with Crippen molar-refractivity contribution in [3.8, 4) is 0 Å². The van der Waals surface area contributed by atoms with Gasteiger partial charge in [-0.05, 0) is 36.7 Å². The third-order valence-corrected chi connectivity index (χ3v) is 5.43. The molecule has 0 heterocycles. The lowest BCUT2D eigenvalue weighted by atomic mass is 10.1. The van der Waals surface area contributed by atoms with Crippen LogP contribution < -0.4 is 5.32 Å². The van der Waals surface area contributed by atoms with Crippen LogP contribution in [0.4, 0.5) is 0 Å². The molecule has 0 atom stereocenters. The summed E-state index contributed by atoms with van der Waals surface area (Å²) >= 11 is 0. The van der Waals surface area contributed by atoms with Crippen molar-refractivity contribution in [3.05, 3.63) is 29.3 Å². The highest BCUT2D eigenvalue weighted by atomic mass is 32.2. The lowest BCUT2D eigenvalue weighted by Gasteiger charge is -2.21. The van der Waals surface area contributed by atoms with Crippen LogP contribution in [0.3, 0.4) is 0 Å². The van der Waals surface area contributed by atoms with Crippen molar-refractivity contribution in [3.63, 3.8) is 0 Å². The van der Waals surface area contributed by atoms with E-state index in [1.807, 2.05) is 20.0 Å². The van der Waals surface area contributed by atoms with Gasteiger partial charge in [-0.15, -0.1) is 0 Å². The van der Waals surface area contributed by atoms with Crippen LogP contribution in [-0.2, 0) is 27.7 Å². The predicted octanol–water partition coefficient (Wildman–Crippen LogP) is 1.63. The monoisotopic (exact) mass is 314 g/mol. The molecule has 0 radical (unpaired) electrons. The second-order valence-electron chi connectivity index (χ2n) is 4.80. The van der Waals surface area contributed by atoms with Gasteiger partial charge in [0.15, 0.2) is 0 Å². The van der Waals surface area contributed by atoms with E-state index in [2.05, 4.69) is 12.2 Å². The van der Waals surface area contributed by atoms with E-state index in [-0.39, 0.29) is 0 Å². The molecule has 0 amide bonds. The minimum Gasteiger partial charge on any atom is -0.383 e. The summed E-state index contributed by atoms with van der Waals surface area (Å²) in [7, 11) is -0.0340. The van der Waals surface area contributed by atoms with Crippen molar-refractivity contribution in [2.45, 2.75) is 31.7 Å². The first-order chi connectivity index (χ1) is 10.0. The minimum atomic E-state index is -3.46. The first-order valence-corrected chi connectivity index (χ1v) is 8.70. The Morgan fingerprint density at radius 1 is 1.24 bits per heavy atom. The van der Waals surface area contributed by atoms with Gasteiger partial charge in [0, 0.05) is 26.7 Å². The number of ether oxygens (including phenoxy) is 1. The maximum absolute atomic E-state index is 12.7. The second kappa shape index (κ2) is 8.48. The molecular weight excluding hydrogens is 288 g/mol. The fraction of sp³-hybridized carbons (Fsp3) is 0.600. The Kier molecular flexibility index (Phi) is 7.31. The van der Waals surface area contributed by atoms with E-state index in [9.17, 15) is 8.42 Å². The summed E-state index contributed by atoms with van der Waals surface area (Å²) in [6.45, 7) is 5.76. The largest absolute Gasteiger partial charge is 0.383 e. The minimum absolute atomic E-state index is 0.350. The number of methoxy groups -OCH3 is 1. The smallest absolute Gasteiger partial charge is 0.243 e. The summed E-state index contributed by atoms with van der Waals surface area (Å²) < 4.78 is 31.8. The molecule has 1 N–H and O–H groups in total. The molecule has 1 aromatic carbocycles. The quantitative estimate of drug-likeness (QED) is 0.752. The highest BCUT2D eigenvalue weighted by Crippen LogP contribution is 2.20. The SMILES string of the molecule is CCc1ccc(S(=O)(=O)N(CC)CCOC)cc1CNC.